The number of aryl methyl sites for hydroxylation is 1. The predicted molar refractivity (Wildman–Crippen MR) is 114 cm³/mol. The van der Waals surface area contributed by atoms with E-state index in [1.54, 1.807) is 14.2 Å². The molecule has 2 aromatic carbocycles. The average molecular weight is 396 g/mol. The van der Waals surface area contributed by atoms with E-state index in [0.717, 1.165) is 50.5 Å². The number of carbonyl (C=O) groups excluding carboxylic acids is 1. The van der Waals surface area contributed by atoms with Crippen LogP contribution in [0.2, 0.25) is 0 Å². The van der Waals surface area contributed by atoms with Crippen molar-refractivity contribution < 1.29 is 14.3 Å². The Labute approximate surface area is 172 Å². The largest absolute Gasteiger partial charge is 0.493 e. The second kappa shape index (κ2) is 8.23. The number of methoxy groups -OCH3 is 2. The molecule has 6 heteroatoms. The Morgan fingerprint density at radius 3 is 2.21 bits per heavy atom. The summed E-state index contributed by atoms with van der Waals surface area (Å²) in [5.74, 6) is 1.46. The number of benzene rings is 2. The lowest BCUT2D eigenvalue weighted by Gasteiger charge is -2.39. The standard InChI is InChI=1S/C23H29N3O3/c1-17-5-4-6-20(13-17)24-9-11-25(12-10-24)23(27)26-8-7-18-14-21(28-2)22(29-3)15-19(18)16-26/h4-6,13-15H,7-12,16H2,1-3H3. The lowest BCUT2D eigenvalue weighted by atomic mass is 9.99. The van der Waals surface area contributed by atoms with Crippen LogP contribution in [0.25, 0.3) is 0 Å². The maximum atomic E-state index is 13.1. The minimum absolute atomic E-state index is 0.134. The van der Waals surface area contributed by atoms with Crippen molar-refractivity contribution in [3.8, 4) is 11.5 Å². The first-order valence-corrected chi connectivity index (χ1v) is 10.2. The van der Waals surface area contributed by atoms with Crippen molar-refractivity contribution in [2.75, 3.05) is 51.8 Å². The van der Waals surface area contributed by atoms with Crippen LogP contribution in [0.1, 0.15) is 16.7 Å². The average Bonchev–Trinajstić information content (AvgIpc) is 2.77. The highest BCUT2D eigenvalue weighted by atomic mass is 16.5. The molecule has 154 valence electrons. The smallest absolute Gasteiger partial charge is 0.320 e. The van der Waals surface area contributed by atoms with Gasteiger partial charge in [0.25, 0.3) is 0 Å². The Balaban J connectivity index is 1.40. The zero-order chi connectivity index (χ0) is 20.4. The predicted octanol–water partition coefficient (Wildman–Crippen LogP) is 3.31. The van der Waals surface area contributed by atoms with E-state index >= 15 is 0 Å². The SMILES string of the molecule is COc1cc2c(cc1OC)CN(C(=O)N1CCN(c3cccc(C)c3)CC1)CC2. The fraction of sp³-hybridized carbons (Fsp3) is 0.435. The van der Waals surface area contributed by atoms with Crippen molar-refractivity contribution in [1.29, 1.82) is 0 Å². The number of urea groups is 1. The zero-order valence-electron chi connectivity index (χ0n) is 17.5. The number of fused-ring (bicyclic) bond motifs is 1. The first kappa shape index (κ1) is 19.4. The number of hydrogen-bond donors (Lipinski definition) is 0. The van der Waals surface area contributed by atoms with Crippen molar-refractivity contribution in [3.63, 3.8) is 0 Å². The van der Waals surface area contributed by atoms with Crippen molar-refractivity contribution in [1.82, 2.24) is 9.80 Å². The number of piperazine rings is 1. The number of rotatable bonds is 3. The van der Waals surface area contributed by atoms with E-state index in [4.69, 9.17) is 9.47 Å². The second-order valence-electron chi connectivity index (χ2n) is 7.74. The molecule has 29 heavy (non-hydrogen) atoms. The fourth-order valence-electron chi connectivity index (χ4n) is 4.23. The molecule has 2 aliphatic heterocycles. The van der Waals surface area contributed by atoms with Crippen molar-refractivity contribution in [3.05, 3.63) is 53.1 Å². The quantitative estimate of drug-likeness (QED) is 0.800. The summed E-state index contributed by atoms with van der Waals surface area (Å²) in [5, 5.41) is 0. The van der Waals surface area contributed by atoms with Gasteiger partial charge in [-0.05, 0) is 54.3 Å². The summed E-state index contributed by atoms with van der Waals surface area (Å²) in [4.78, 5) is 19.4. The molecule has 0 bridgehead atoms. The Kier molecular flexibility index (Phi) is 5.51. The highest BCUT2D eigenvalue weighted by Crippen LogP contribution is 2.33. The summed E-state index contributed by atoms with van der Waals surface area (Å²) in [6, 6.07) is 12.7. The second-order valence-corrected chi connectivity index (χ2v) is 7.74. The van der Waals surface area contributed by atoms with Gasteiger partial charge >= 0.3 is 6.03 Å². The molecule has 0 saturated carbocycles. The van der Waals surface area contributed by atoms with E-state index in [9.17, 15) is 4.79 Å². The number of hydrogen-bond acceptors (Lipinski definition) is 4. The van der Waals surface area contributed by atoms with Crippen LogP contribution in [0.4, 0.5) is 10.5 Å². The Bertz CT molecular complexity index is 891. The lowest BCUT2D eigenvalue weighted by Crippen LogP contribution is -2.53. The Hall–Kier alpha value is -2.89. The van der Waals surface area contributed by atoms with E-state index in [1.165, 1.54) is 16.8 Å². The summed E-state index contributed by atoms with van der Waals surface area (Å²) in [5.41, 5.74) is 4.88. The molecule has 1 saturated heterocycles. The molecule has 2 amide bonds. The van der Waals surface area contributed by atoms with Crippen molar-refractivity contribution >= 4 is 11.7 Å². The molecule has 2 aromatic rings. The molecular weight excluding hydrogens is 366 g/mol. The van der Waals surface area contributed by atoms with Crippen LogP contribution in [0.15, 0.2) is 36.4 Å². The van der Waals surface area contributed by atoms with Crippen molar-refractivity contribution in [2.24, 2.45) is 0 Å². The molecule has 0 aromatic heterocycles. The lowest BCUT2D eigenvalue weighted by molar-refractivity contribution is 0.145. The maximum absolute atomic E-state index is 13.1. The molecule has 2 aliphatic rings. The minimum Gasteiger partial charge on any atom is -0.493 e. The first-order chi connectivity index (χ1) is 14.1. The van der Waals surface area contributed by atoms with Crippen LogP contribution in [0.3, 0.4) is 0 Å². The summed E-state index contributed by atoms with van der Waals surface area (Å²) in [6.45, 7) is 6.70. The number of amides is 2. The molecule has 0 unspecified atom stereocenters. The number of carbonyl (C=O) groups is 1. The number of anilines is 1. The van der Waals surface area contributed by atoms with Crippen LogP contribution >= 0.6 is 0 Å². The monoisotopic (exact) mass is 395 g/mol. The maximum Gasteiger partial charge on any atom is 0.320 e. The first-order valence-electron chi connectivity index (χ1n) is 10.2. The van der Waals surface area contributed by atoms with Gasteiger partial charge in [0, 0.05) is 45.0 Å². The van der Waals surface area contributed by atoms with E-state index < -0.39 is 0 Å². The third-order valence-electron chi connectivity index (χ3n) is 5.91. The summed E-state index contributed by atoms with van der Waals surface area (Å²) in [7, 11) is 3.29. The highest BCUT2D eigenvalue weighted by Gasteiger charge is 2.28. The molecule has 0 N–H and O–H groups in total. The van der Waals surface area contributed by atoms with Gasteiger partial charge in [-0.3, -0.25) is 0 Å². The van der Waals surface area contributed by atoms with Crippen molar-refractivity contribution in [2.45, 2.75) is 19.9 Å². The van der Waals surface area contributed by atoms with Gasteiger partial charge in [-0.1, -0.05) is 12.1 Å². The molecule has 1 fully saturated rings. The van der Waals surface area contributed by atoms with Gasteiger partial charge in [0.2, 0.25) is 0 Å². The van der Waals surface area contributed by atoms with E-state index in [0.29, 0.717) is 12.3 Å². The Morgan fingerprint density at radius 1 is 0.862 bits per heavy atom. The van der Waals surface area contributed by atoms with Gasteiger partial charge in [-0.25, -0.2) is 4.79 Å². The van der Waals surface area contributed by atoms with Crippen LogP contribution < -0.4 is 14.4 Å². The normalized spacial score (nSPS) is 16.4. The topological polar surface area (TPSA) is 45.3 Å². The fourth-order valence-corrected chi connectivity index (χ4v) is 4.23. The van der Waals surface area contributed by atoms with Gasteiger partial charge in [0.15, 0.2) is 11.5 Å². The third kappa shape index (κ3) is 3.97. The van der Waals surface area contributed by atoms with Gasteiger partial charge < -0.3 is 24.2 Å². The molecule has 4 rings (SSSR count). The van der Waals surface area contributed by atoms with Gasteiger partial charge in [0.1, 0.15) is 0 Å². The van der Waals surface area contributed by atoms with Gasteiger partial charge in [-0.2, -0.15) is 0 Å². The number of ether oxygens (including phenoxy) is 2. The van der Waals surface area contributed by atoms with Crippen LogP contribution in [-0.4, -0.2) is 62.8 Å². The van der Waals surface area contributed by atoms with Gasteiger partial charge in [-0.15, -0.1) is 0 Å². The van der Waals surface area contributed by atoms with E-state index in [2.05, 4.69) is 36.1 Å². The summed E-state index contributed by atoms with van der Waals surface area (Å²) < 4.78 is 10.8. The van der Waals surface area contributed by atoms with Crippen LogP contribution in [0.5, 0.6) is 11.5 Å². The molecular formula is C23H29N3O3. The van der Waals surface area contributed by atoms with E-state index in [-0.39, 0.29) is 6.03 Å². The van der Waals surface area contributed by atoms with E-state index in [1.807, 2.05) is 21.9 Å². The molecule has 0 aliphatic carbocycles. The minimum atomic E-state index is 0.134. The molecule has 0 spiro atoms. The number of nitrogens with zero attached hydrogens (tertiary/aromatic N) is 3. The van der Waals surface area contributed by atoms with Crippen LogP contribution in [0, 0.1) is 6.92 Å². The molecule has 0 radical (unpaired) electrons. The zero-order valence-corrected chi connectivity index (χ0v) is 17.5. The molecule has 6 nitrogen and oxygen atoms in total. The third-order valence-corrected chi connectivity index (χ3v) is 5.91. The summed E-state index contributed by atoms with van der Waals surface area (Å²) >= 11 is 0. The summed E-state index contributed by atoms with van der Waals surface area (Å²) in [6.07, 6.45) is 0.838. The molecule has 0 atom stereocenters. The Morgan fingerprint density at radius 2 is 1.55 bits per heavy atom. The van der Waals surface area contributed by atoms with Crippen LogP contribution in [-0.2, 0) is 13.0 Å². The highest BCUT2D eigenvalue weighted by molar-refractivity contribution is 5.75. The van der Waals surface area contributed by atoms with Gasteiger partial charge in [0.05, 0.1) is 14.2 Å². The molecule has 2 heterocycles.